The van der Waals surface area contributed by atoms with Gasteiger partial charge in [0.15, 0.2) is 6.10 Å². The number of hydrogen-bond donors (Lipinski definition) is 1. The van der Waals surface area contributed by atoms with Crippen molar-refractivity contribution in [2.75, 3.05) is 12.4 Å². The normalized spacial score (nSPS) is 11.7. The predicted molar refractivity (Wildman–Crippen MR) is 87.7 cm³/mol. The van der Waals surface area contributed by atoms with E-state index in [1.54, 1.807) is 31.4 Å². The van der Waals surface area contributed by atoms with E-state index >= 15 is 0 Å². The van der Waals surface area contributed by atoms with Crippen molar-refractivity contribution in [2.45, 2.75) is 19.4 Å². The molecule has 1 N–H and O–H groups in total. The van der Waals surface area contributed by atoms with Crippen molar-refractivity contribution in [3.05, 3.63) is 53.3 Å². The van der Waals surface area contributed by atoms with E-state index < -0.39 is 11.9 Å². The van der Waals surface area contributed by atoms with Gasteiger partial charge in [-0.2, -0.15) is 0 Å². The molecule has 122 valence electrons. The van der Waals surface area contributed by atoms with Crippen molar-refractivity contribution in [3.8, 4) is 11.5 Å². The van der Waals surface area contributed by atoms with Crippen LogP contribution in [-0.2, 0) is 4.79 Å². The maximum absolute atomic E-state index is 13.1. The summed E-state index contributed by atoms with van der Waals surface area (Å²) < 4.78 is 24.0. The molecule has 0 bridgehead atoms. The van der Waals surface area contributed by atoms with Gasteiger partial charge in [-0.05, 0) is 36.8 Å². The first-order valence-electron chi connectivity index (χ1n) is 7.10. The lowest BCUT2D eigenvalue weighted by atomic mass is 10.2. The van der Waals surface area contributed by atoms with Gasteiger partial charge in [-0.3, -0.25) is 4.79 Å². The van der Waals surface area contributed by atoms with E-state index in [4.69, 9.17) is 21.1 Å². The van der Waals surface area contributed by atoms with Gasteiger partial charge in [0, 0.05) is 11.8 Å². The maximum Gasteiger partial charge on any atom is 0.265 e. The zero-order chi connectivity index (χ0) is 16.8. The molecule has 0 saturated heterocycles. The fraction of sp³-hybridized carbons (Fsp3) is 0.235. The van der Waals surface area contributed by atoms with E-state index in [-0.39, 0.29) is 10.9 Å². The van der Waals surface area contributed by atoms with Crippen molar-refractivity contribution >= 4 is 23.2 Å². The van der Waals surface area contributed by atoms with Crippen LogP contribution in [0.15, 0.2) is 42.5 Å². The number of amides is 1. The summed E-state index contributed by atoms with van der Waals surface area (Å²) >= 11 is 5.70. The molecule has 0 saturated carbocycles. The Bertz CT molecular complexity index is 693. The van der Waals surface area contributed by atoms with Crippen LogP contribution in [0.25, 0.3) is 0 Å². The topological polar surface area (TPSA) is 47.6 Å². The molecular weight excluding hydrogens is 321 g/mol. The quantitative estimate of drug-likeness (QED) is 0.855. The lowest BCUT2D eigenvalue weighted by molar-refractivity contribution is -0.122. The van der Waals surface area contributed by atoms with E-state index in [1.165, 1.54) is 18.2 Å². The number of nitrogens with one attached hydrogen (secondary N) is 1. The molecule has 0 fully saturated rings. The number of benzene rings is 2. The van der Waals surface area contributed by atoms with Gasteiger partial charge in [0.25, 0.3) is 5.91 Å². The highest BCUT2D eigenvalue weighted by Gasteiger charge is 2.19. The van der Waals surface area contributed by atoms with Crippen molar-refractivity contribution in [1.29, 1.82) is 0 Å². The van der Waals surface area contributed by atoms with Crippen molar-refractivity contribution in [3.63, 3.8) is 0 Å². The van der Waals surface area contributed by atoms with Gasteiger partial charge in [0.05, 0.1) is 12.1 Å². The lowest BCUT2D eigenvalue weighted by Gasteiger charge is -2.17. The van der Waals surface area contributed by atoms with E-state index in [0.29, 0.717) is 23.6 Å². The standard InChI is InChI=1S/C17H17ClFNO3/c1-3-16(23-13-6-4-5-12(10-13)22-2)17(21)20-11-7-8-15(19)14(18)9-11/h4-10,16H,3H2,1-2H3,(H,20,21)/t16-/m0/s1. The van der Waals surface area contributed by atoms with Gasteiger partial charge in [-0.25, -0.2) is 4.39 Å². The molecule has 0 aliphatic heterocycles. The van der Waals surface area contributed by atoms with Gasteiger partial charge in [0.2, 0.25) is 0 Å². The fourth-order valence-corrected chi connectivity index (χ4v) is 2.14. The van der Waals surface area contributed by atoms with Crippen LogP contribution in [0.2, 0.25) is 5.02 Å². The molecule has 1 atom stereocenters. The lowest BCUT2D eigenvalue weighted by Crippen LogP contribution is -2.32. The third kappa shape index (κ3) is 4.60. The number of anilines is 1. The van der Waals surface area contributed by atoms with E-state index in [0.717, 1.165) is 0 Å². The summed E-state index contributed by atoms with van der Waals surface area (Å²) in [5, 5.41) is 2.61. The largest absolute Gasteiger partial charge is 0.497 e. The minimum Gasteiger partial charge on any atom is -0.497 e. The summed E-state index contributed by atoms with van der Waals surface area (Å²) in [7, 11) is 1.56. The Morgan fingerprint density at radius 2 is 2.00 bits per heavy atom. The van der Waals surface area contributed by atoms with Crippen LogP contribution in [-0.4, -0.2) is 19.1 Å². The first kappa shape index (κ1) is 17.1. The Balaban J connectivity index is 2.07. The average molecular weight is 338 g/mol. The zero-order valence-electron chi connectivity index (χ0n) is 12.8. The van der Waals surface area contributed by atoms with E-state index in [2.05, 4.69) is 5.32 Å². The summed E-state index contributed by atoms with van der Waals surface area (Å²) in [6, 6.07) is 11.0. The van der Waals surface area contributed by atoms with Gasteiger partial charge in [0.1, 0.15) is 17.3 Å². The van der Waals surface area contributed by atoms with E-state index in [1.807, 2.05) is 6.92 Å². The van der Waals surface area contributed by atoms with Crippen LogP contribution in [0.1, 0.15) is 13.3 Å². The van der Waals surface area contributed by atoms with Gasteiger partial charge in [-0.1, -0.05) is 24.6 Å². The summed E-state index contributed by atoms with van der Waals surface area (Å²) in [5.41, 5.74) is 0.411. The molecule has 4 nitrogen and oxygen atoms in total. The Labute approximate surface area is 139 Å². The van der Waals surface area contributed by atoms with E-state index in [9.17, 15) is 9.18 Å². The third-order valence-electron chi connectivity index (χ3n) is 3.17. The second-order valence-electron chi connectivity index (χ2n) is 4.81. The van der Waals surface area contributed by atoms with Crippen molar-refractivity contribution in [2.24, 2.45) is 0 Å². The number of hydrogen-bond acceptors (Lipinski definition) is 3. The van der Waals surface area contributed by atoms with Crippen LogP contribution in [0, 0.1) is 5.82 Å². The highest BCUT2D eigenvalue weighted by Crippen LogP contribution is 2.22. The Morgan fingerprint density at radius 1 is 1.26 bits per heavy atom. The number of methoxy groups -OCH3 is 1. The molecule has 0 aliphatic carbocycles. The highest BCUT2D eigenvalue weighted by atomic mass is 35.5. The molecule has 0 heterocycles. The van der Waals surface area contributed by atoms with Crippen LogP contribution < -0.4 is 14.8 Å². The second-order valence-corrected chi connectivity index (χ2v) is 5.22. The highest BCUT2D eigenvalue weighted by molar-refractivity contribution is 6.31. The molecule has 2 rings (SSSR count). The second kappa shape index (κ2) is 7.83. The Morgan fingerprint density at radius 3 is 2.65 bits per heavy atom. The maximum atomic E-state index is 13.1. The molecule has 0 aromatic heterocycles. The number of carbonyl (C=O) groups is 1. The monoisotopic (exact) mass is 337 g/mol. The summed E-state index contributed by atoms with van der Waals surface area (Å²) in [6.07, 6.45) is -0.219. The molecule has 0 aliphatic rings. The summed E-state index contributed by atoms with van der Waals surface area (Å²) in [5.74, 6) is 0.300. The zero-order valence-corrected chi connectivity index (χ0v) is 13.6. The first-order chi connectivity index (χ1) is 11.0. The average Bonchev–Trinajstić information content (AvgIpc) is 2.56. The molecule has 2 aromatic carbocycles. The SMILES string of the molecule is CC[C@H](Oc1cccc(OC)c1)C(=O)Nc1ccc(F)c(Cl)c1. The third-order valence-corrected chi connectivity index (χ3v) is 3.46. The summed E-state index contributed by atoms with van der Waals surface area (Å²) in [6.45, 7) is 1.84. The first-order valence-corrected chi connectivity index (χ1v) is 7.48. The van der Waals surface area contributed by atoms with Gasteiger partial charge < -0.3 is 14.8 Å². The van der Waals surface area contributed by atoms with Crippen LogP contribution in [0.3, 0.4) is 0 Å². The molecule has 2 aromatic rings. The smallest absolute Gasteiger partial charge is 0.265 e. The number of rotatable bonds is 6. The van der Waals surface area contributed by atoms with Gasteiger partial charge in [-0.15, -0.1) is 0 Å². The molecule has 23 heavy (non-hydrogen) atoms. The van der Waals surface area contributed by atoms with Crippen LogP contribution >= 0.6 is 11.6 Å². The number of ether oxygens (including phenoxy) is 2. The molecule has 1 amide bonds. The predicted octanol–water partition coefficient (Wildman–Crippen LogP) is 4.28. The number of halogens is 2. The van der Waals surface area contributed by atoms with Gasteiger partial charge >= 0.3 is 0 Å². The molecule has 0 unspecified atom stereocenters. The minimum atomic E-state index is -0.689. The number of carbonyl (C=O) groups excluding carboxylic acids is 1. The molecule has 0 spiro atoms. The molecular formula is C17H17ClFNO3. The summed E-state index contributed by atoms with van der Waals surface area (Å²) in [4.78, 5) is 12.3. The molecule has 6 heteroatoms. The Hall–Kier alpha value is -2.27. The molecule has 0 radical (unpaired) electrons. The fourth-order valence-electron chi connectivity index (χ4n) is 1.96. The minimum absolute atomic E-state index is 0.0513. The van der Waals surface area contributed by atoms with Crippen LogP contribution in [0.5, 0.6) is 11.5 Å². The van der Waals surface area contributed by atoms with Crippen molar-refractivity contribution in [1.82, 2.24) is 0 Å². The van der Waals surface area contributed by atoms with Crippen molar-refractivity contribution < 1.29 is 18.7 Å². The Kier molecular flexibility index (Phi) is 5.82. The van der Waals surface area contributed by atoms with Crippen LogP contribution in [0.4, 0.5) is 10.1 Å².